The summed E-state index contributed by atoms with van der Waals surface area (Å²) in [6.45, 7) is 3.06. The van der Waals surface area contributed by atoms with E-state index in [0.717, 1.165) is 0 Å². The average Bonchev–Trinajstić information content (AvgIpc) is 2.81. The van der Waals surface area contributed by atoms with Gasteiger partial charge in [-0.05, 0) is 26.0 Å². The fourth-order valence-electron chi connectivity index (χ4n) is 3.62. The molecule has 3 fully saturated rings. The predicted octanol–water partition coefficient (Wildman–Crippen LogP) is 2.75. The molecule has 2 heterocycles. The molecule has 1 aliphatic carbocycles. The lowest BCUT2D eigenvalue weighted by Gasteiger charge is -2.25. The molecule has 130 valence electrons. The number of hydrogen-bond donors (Lipinski definition) is 0. The second-order valence-corrected chi connectivity index (χ2v) is 6.94. The van der Waals surface area contributed by atoms with Crippen LogP contribution in [0.4, 0.5) is 8.78 Å². The number of benzene rings is 1. The van der Waals surface area contributed by atoms with Crippen LogP contribution in [-0.2, 0) is 18.9 Å². The minimum atomic E-state index is -2.92. The Labute approximate surface area is 137 Å². The van der Waals surface area contributed by atoms with Gasteiger partial charge in [0.1, 0.15) is 24.2 Å². The summed E-state index contributed by atoms with van der Waals surface area (Å²) in [4.78, 5) is 12.0. The molecule has 0 radical (unpaired) electrons. The Morgan fingerprint density at radius 2 is 1.92 bits per heavy atom. The second kappa shape index (κ2) is 4.97. The van der Waals surface area contributed by atoms with Crippen molar-refractivity contribution in [1.29, 1.82) is 0 Å². The summed E-state index contributed by atoms with van der Waals surface area (Å²) >= 11 is 0. The maximum absolute atomic E-state index is 14.1. The number of hydrogen-bond acceptors (Lipinski definition) is 5. The molecular formula is C17H18F2O5. The molecular weight excluding hydrogens is 322 g/mol. The summed E-state index contributed by atoms with van der Waals surface area (Å²) in [6, 6.07) is 8.38. The molecule has 24 heavy (non-hydrogen) atoms. The van der Waals surface area contributed by atoms with Gasteiger partial charge in [0.15, 0.2) is 12.1 Å². The van der Waals surface area contributed by atoms with Gasteiger partial charge in [0.05, 0.1) is 5.56 Å². The van der Waals surface area contributed by atoms with Crippen molar-refractivity contribution >= 4 is 5.97 Å². The maximum Gasteiger partial charge on any atom is 0.338 e. The fraction of sp³-hybridized carbons (Fsp3) is 0.588. The van der Waals surface area contributed by atoms with Gasteiger partial charge in [0.25, 0.3) is 5.92 Å². The molecule has 4 atom stereocenters. The molecule has 0 N–H and O–H groups in total. The third-order valence-electron chi connectivity index (χ3n) is 4.88. The third kappa shape index (κ3) is 2.26. The van der Waals surface area contributed by atoms with Gasteiger partial charge < -0.3 is 18.9 Å². The van der Waals surface area contributed by atoms with E-state index < -0.39 is 41.6 Å². The minimum Gasteiger partial charge on any atom is -0.459 e. The van der Waals surface area contributed by atoms with Gasteiger partial charge in [-0.3, -0.25) is 0 Å². The predicted molar refractivity (Wildman–Crippen MR) is 77.4 cm³/mol. The van der Waals surface area contributed by atoms with Crippen LogP contribution in [0.3, 0.4) is 0 Å². The van der Waals surface area contributed by atoms with E-state index in [0.29, 0.717) is 5.56 Å². The SMILES string of the molecule is CC1(C)O[C@H]2O[C@H](COC(=O)c3ccccc3)[C@]3(CC3(F)F)[C@H]2O1. The minimum absolute atomic E-state index is 0.260. The zero-order chi connectivity index (χ0) is 17.2. The maximum atomic E-state index is 14.1. The lowest BCUT2D eigenvalue weighted by Crippen LogP contribution is -2.38. The van der Waals surface area contributed by atoms with Crippen molar-refractivity contribution in [3.8, 4) is 0 Å². The molecule has 7 heteroatoms. The average molecular weight is 340 g/mol. The number of rotatable bonds is 3. The molecule has 1 saturated carbocycles. The van der Waals surface area contributed by atoms with E-state index in [4.69, 9.17) is 18.9 Å². The molecule has 2 aliphatic heterocycles. The Bertz CT molecular complexity index is 662. The number of carbonyl (C=O) groups excluding carboxylic acids is 1. The number of ether oxygens (including phenoxy) is 4. The van der Waals surface area contributed by atoms with Crippen LogP contribution in [0, 0.1) is 5.41 Å². The van der Waals surface area contributed by atoms with Gasteiger partial charge in [-0.2, -0.15) is 0 Å². The number of carbonyl (C=O) groups is 1. The Hall–Kier alpha value is -1.57. The summed E-state index contributed by atoms with van der Waals surface area (Å²) in [5.41, 5.74) is -1.12. The molecule has 3 aliphatic rings. The van der Waals surface area contributed by atoms with E-state index in [-0.39, 0.29) is 13.0 Å². The summed E-state index contributed by atoms with van der Waals surface area (Å²) < 4.78 is 50.2. The van der Waals surface area contributed by atoms with Gasteiger partial charge >= 0.3 is 5.97 Å². The van der Waals surface area contributed by atoms with Crippen molar-refractivity contribution in [2.75, 3.05) is 6.61 Å². The molecule has 0 unspecified atom stereocenters. The normalized spacial score (nSPS) is 38.1. The van der Waals surface area contributed by atoms with Crippen molar-refractivity contribution in [3.05, 3.63) is 35.9 Å². The standard InChI is InChI=1S/C17H18F2O5/c1-15(2)23-12-14(24-15)22-11(16(12)9-17(16,18)19)8-21-13(20)10-6-4-3-5-7-10/h3-7,11-12,14H,8-9H2,1-2H3/t11-,12+,14-,16-/m1/s1. The molecule has 1 spiro atoms. The first-order valence-electron chi connectivity index (χ1n) is 7.86. The van der Waals surface area contributed by atoms with E-state index in [1.807, 2.05) is 0 Å². The van der Waals surface area contributed by atoms with E-state index in [1.54, 1.807) is 44.2 Å². The topological polar surface area (TPSA) is 54.0 Å². The van der Waals surface area contributed by atoms with Crippen LogP contribution in [0.2, 0.25) is 0 Å². The lowest BCUT2D eigenvalue weighted by molar-refractivity contribution is -0.220. The number of fused-ring (bicyclic) bond motifs is 2. The zero-order valence-electron chi connectivity index (χ0n) is 13.3. The van der Waals surface area contributed by atoms with Gasteiger partial charge in [-0.1, -0.05) is 18.2 Å². The fourth-order valence-corrected chi connectivity index (χ4v) is 3.62. The van der Waals surface area contributed by atoms with E-state index >= 15 is 0 Å². The molecule has 0 amide bonds. The number of esters is 1. The molecule has 0 bridgehead atoms. The highest BCUT2D eigenvalue weighted by atomic mass is 19.3. The summed E-state index contributed by atoms with van der Waals surface area (Å²) in [5, 5.41) is 0. The van der Waals surface area contributed by atoms with E-state index in [9.17, 15) is 13.6 Å². The Balaban J connectivity index is 1.48. The van der Waals surface area contributed by atoms with E-state index in [1.165, 1.54) is 0 Å². The van der Waals surface area contributed by atoms with Crippen LogP contribution in [0.5, 0.6) is 0 Å². The first kappa shape index (κ1) is 15.9. The number of alkyl halides is 2. The van der Waals surface area contributed by atoms with Gasteiger partial charge in [-0.15, -0.1) is 0 Å². The zero-order valence-corrected chi connectivity index (χ0v) is 13.3. The van der Waals surface area contributed by atoms with Crippen molar-refractivity contribution in [1.82, 2.24) is 0 Å². The van der Waals surface area contributed by atoms with E-state index in [2.05, 4.69) is 0 Å². The highest BCUT2D eigenvalue weighted by Crippen LogP contribution is 2.71. The quantitative estimate of drug-likeness (QED) is 0.792. The Kier molecular flexibility index (Phi) is 3.30. The summed E-state index contributed by atoms with van der Waals surface area (Å²) in [7, 11) is 0. The smallest absolute Gasteiger partial charge is 0.338 e. The second-order valence-electron chi connectivity index (χ2n) is 6.94. The third-order valence-corrected chi connectivity index (χ3v) is 4.88. The largest absolute Gasteiger partial charge is 0.459 e. The highest BCUT2D eigenvalue weighted by Gasteiger charge is 2.85. The Morgan fingerprint density at radius 3 is 2.54 bits per heavy atom. The molecule has 5 nitrogen and oxygen atoms in total. The number of halogens is 2. The van der Waals surface area contributed by atoms with Crippen LogP contribution >= 0.6 is 0 Å². The molecule has 1 aromatic carbocycles. The van der Waals surface area contributed by atoms with Crippen molar-refractivity contribution in [2.45, 2.75) is 50.5 Å². The summed E-state index contributed by atoms with van der Waals surface area (Å²) in [5.74, 6) is -4.45. The summed E-state index contributed by atoms with van der Waals surface area (Å²) in [6.07, 6.45) is -3.03. The highest BCUT2D eigenvalue weighted by molar-refractivity contribution is 5.89. The van der Waals surface area contributed by atoms with Gasteiger partial charge in [0.2, 0.25) is 0 Å². The molecule has 0 aromatic heterocycles. The first-order chi connectivity index (χ1) is 11.3. The van der Waals surface area contributed by atoms with Crippen LogP contribution < -0.4 is 0 Å². The molecule has 1 aromatic rings. The Morgan fingerprint density at radius 1 is 1.25 bits per heavy atom. The van der Waals surface area contributed by atoms with Crippen LogP contribution in [0.25, 0.3) is 0 Å². The van der Waals surface area contributed by atoms with Crippen LogP contribution in [0.1, 0.15) is 30.6 Å². The molecule has 4 rings (SSSR count). The first-order valence-corrected chi connectivity index (χ1v) is 7.86. The van der Waals surface area contributed by atoms with Gasteiger partial charge in [0, 0.05) is 6.42 Å². The molecule has 2 saturated heterocycles. The monoisotopic (exact) mass is 340 g/mol. The van der Waals surface area contributed by atoms with Crippen molar-refractivity contribution in [3.63, 3.8) is 0 Å². The van der Waals surface area contributed by atoms with Crippen molar-refractivity contribution in [2.24, 2.45) is 5.41 Å². The van der Waals surface area contributed by atoms with Crippen LogP contribution in [-0.4, -0.2) is 42.8 Å². The van der Waals surface area contributed by atoms with Crippen LogP contribution in [0.15, 0.2) is 30.3 Å². The van der Waals surface area contributed by atoms with Crippen molar-refractivity contribution < 1.29 is 32.5 Å². The lowest BCUT2D eigenvalue weighted by atomic mass is 9.94. The van der Waals surface area contributed by atoms with Gasteiger partial charge in [-0.25, -0.2) is 13.6 Å².